The van der Waals surface area contributed by atoms with E-state index in [0.29, 0.717) is 23.9 Å². The number of hydrogen-bond donors (Lipinski definition) is 1. The number of allylic oxidation sites excluding steroid dienone is 11. The predicted molar refractivity (Wildman–Crippen MR) is 325 cm³/mol. The molecule has 442 valence electrons. The van der Waals surface area contributed by atoms with Gasteiger partial charge in [-0.05, 0) is 102 Å². The largest absolute Gasteiger partial charge is 0.756 e. The van der Waals surface area contributed by atoms with Gasteiger partial charge in [0.25, 0.3) is 7.82 Å². The van der Waals surface area contributed by atoms with Gasteiger partial charge in [0.05, 0.1) is 33.8 Å². The summed E-state index contributed by atoms with van der Waals surface area (Å²) in [5, 5.41) is 3.03. The first-order valence-electron chi connectivity index (χ1n) is 31.7. The van der Waals surface area contributed by atoms with Crippen LogP contribution < -0.4 is 10.2 Å². The summed E-state index contributed by atoms with van der Waals surface area (Å²) in [6, 6.07) is -0.898. The third-order valence-electron chi connectivity index (χ3n) is 13.9. The van der Waals surface area contributed by atoms with E-state index in [1.54, 1.807) is 0 Å². The normalized spacial score (nSPS) is 14.1. The molecule has 1 amide bonds. The van der Waals surface area contributed by atoms with Gasteiger partial charge in [0, 0.05) is 12.8 Å². The second kappa shape index (κ2) is 55.8. The Kier molecular flexibility index (Phi) is 53.9. The van der Waals surface area contributed by atoms with Gasteiger partial charge in [-0.2, -0.15) is 0 Å². The number of phosphoric acid groups is 1. The number of carbonyl (C=O) groups excluding carboxylic acids is 2. The van der Waals surface area contributed by atoms with Crippen molar-refractivity contribution in [3.63, 3.8) is 0 Å². The molecule has 0 radical (unpaired) electrons. The van der Waals surface area contributed by atoms with Gasteiger partial charge in [-0.3, -0.25) is 14.2 Å². The second-order valence-electron chi connectivity index (χ2n) is 22.6. The van der Waals surface area contributed by atoms with Crippen molar-refractivity contribution in [2.45, 2.75) is 296 Å². The lowest BCUT2D eigenvalue weighted by molar-refractivity contribution is -0.870. The number of unbranched alkanes of at least 4 members (excludes halogenated alkanes) is 31. The molecule has 9 nitrogen and oxygen atoms in total. The second-order valence-corrected chi connectivity index (χ2v) is 24.0. The summed E-state index contributed by atoms with van der Waals surface area (Å²) in [5.74, 6) is -0.557. The van der Waals surface area contributed by atoms with E-state index in [9.17, 15) is 19.0 Å². The standard InChI is InChI=1S/C66H121N2O7P/c1-7-10-13-16-19-22-25-28-30-32-34-36-38-40-43-46-49-52-55-58-65(69)67-63(62-74-76(71,72)73-61-60-68(4,5)6)64(57-54-51-48-45-42-27-24-21-18-15-12-9-3)75-66(70)59-56-53-50-47-44-41-39-37-35-33-31-29-26-23-20-17-14-11-8-2/h19-20,22-23,28-31,35,37,54,57,63-64H,7-18,21,24-27,32-34,36,38-53,55-56,58-62H2,1-6H3,(H-,67,69,71,72)/b22-19-,23-20-,30-28-,31-29-,37-35-,57-54+. The van der Waals surface area contributed by atoms with Gasteiger partial charge in [0.1, 0.15) is 19.3 Å². The van der Waals surface area contributed by atoms with E-state index in [1.165, 1.54) is 148 Å². The summed E-state index contributed by atoms with van der Waals surface area (Å²) in [5.41, 5.74) is 0. The maximum Gasteiger partial charge on any atom is 0.306 e. The molecule has 0 aliphatic rings. The molecule has 3 atom stereocenters. The molecule has 3 unspecified atom stereocenters. The summed E-state index contributed by atoms with van der Waals surface area (Å²) in [4.78, 5) is 40.0. The van der Waals surface area contributed by atoms with Gasteiger partial charge in [-0.15, -0.1) is 0 Å². The molecule has 0 aliphatic carbocycles. The van der Waals surface area contributed by atoms with E-state index in [2.05, 4.69) is 86.8 Å². The Labute approximate surface area is 470 Å². The molecular formula is C66H121N2O7P. The van der Waals surface area contributed by atoms with Crippen molar-refractivity contribution in [2.24, 2.45) is 0 Å². The van der Waals surface area contributed by atoms with Crippen molar-refractivity contribution in [2.75, 3.05) is 40.9 Å². The minimum absolute atomic E-state index is 0.0275. The lowest BCUT2D eigenvalue weighted by atomic mass is 10.0. The molecule has 76 heavy (non-hydrogen) atoms. The third-order valence-corrected chi connectivity index (χ3v) is 14.8. The molecule has 0 aliphatic heterocycles. The Morgan fingerprint density at radius 1 is 0.461 bits per heavy atom. The summed E-state index contributed by atoms with van der Waals surface area (Å²) in [7, 11) is 1.17. The lowest BCUT2D eigenvalue weighted by Crippen LogP contribution is -2.47. The van der Waals surface area contributed by atoms with E-state index < -0.39 is 26.6 Å². The number of esters is 1. The van der Waals surface area contributed by atoms with Crippen LogP contribution in [0, 0.1) is 0 Å². The van der Waals surface area contributed by atoms with E-state index in [1.807, 2.05) is 33.3 Å². The van der Waals surface area contributed by atoms with E-state index in [0.717, 1.165) is 96.3 Å². The Morgan fingerprint density at radius 3 is 1.22 bits per heavy atom. The molecule has 0 rings (SSSR count). The lowest BCUT2D eigenvalue weighted by Gasteiger charge is -2.30. The first kappa shape index (κ1) is 73.5. The van der Waals surface area contributed by atoms with Crippen molar-refractivity contribution >= 4 is 19.7 Å². The molecular weight excluding hydrogens is 964 g/mol. The quantitative estimate of drug-likeness (QED) is 0.0212. The van der Waals surface area contributed by atoms with Crippen molar-refractivity contribution in [3.8, 4) is 0 Å². The maximum absolute atomic E-state index is 13.5. The molecule has 0 saturated heterocycles. The monoisotopic (exact) mass is 1080 g/mol. The Hall–Kier alpha value is -2.55. The SMILES string of the molecule is CCCCC/C=C\C/C=C\C/C=C\CCCCCCCCC(=O)OC(/C=C/CCCCCCCCCCCC)C(COP(=O)([O-])OCC[N+](C)(C)C)NC(=O)CCCCCCCCCCC/C=C\C/C=C\CCCCC. The summed E-state index contributed by atoms with van der Waals surface area (Å²) in [6.45, 7) is 6.79. The Bertz CT molecular complexity index is 1530. The van der Waals surface area contributed by atoms with Crippen molar-refractivity contribution in [3.05, 3.63) is 72.9 Å². The number of rotatable bonds is 57. The number of ether oxygens (including phenoxy) is 1. The highest BCUT2D eigenvalue weighted by atomic mass is 31.2. The third kappa shape index (κ3) is 56.2. The van der Waals surface area contributed by atoms with Crippen molar-refractivity contribution in [1.82, 2.24) is 5.32 Å². The van der Waals surface area contributed by atoms with Crippen LogP contribution in [0.15, 0.2) is 72.9 Å². The number of likely N-dealkylation sites (N-methyl/N-ethyl adjacent to an activating group) is 1. The first-order valence-corrected chi connectivity index (χ1v) is 33.2. The van der Waals surface area contributed by atoms with Gasteiger partial charge in [-0.25, -0.2) is 0 Å². The van der Waals surface area contributed by atoms with Crippen LogP contribution in [0.3, 0.4) is 0 Å². The molecule has 1 N–H and O–H groups in total. The molecule has 0 aromatic rings. The number of phosphoric ester groups is 1. The zero-order valence-corrected chi connectivity index (χ0v) is 51.3. The minimum Gasteiger partial charge on any atom is -0.756 e. The predicted octanol–water partition coefficient (Wildman–Crippen LogP) is 19.0. The van der Waals surface area contributed by atoms with Crippen LogP contribution in [0.25, 0.3) is 0 Å². The molecule has 0 heterocycles. The number of nitrogens with one attached hydrogen (secondary N) is 1. The highest BCUT2D eigenvalue weighted by molar-refractivity contribution is 7.45. The highest BCUT2D eigenvalue weighted by Gasteiger charge is 2.27. The zero-order chi connectivity index (χ0) is 55.7. The number of amides is 1. The fraction of sp³-hybridized carbons (Fsp3) is 0.788. The molecule has 0 aromatic carbocycles. The number of nitrogens with zero attached hydrogens (tertiary/aromatic N) is 1. The molecule has 10 heteroatoms. The van der Waals surface area contributed by atoms with E-state index in [4.69, 9.17) is 13.8 Å². The molecule has 0 bridgehead atoms. The highest BCUT2D eigenvalue weighted by Crippen LogP contribution is 2.38. The van der Waals surface area contributed by atoms with Crippen LogP contribution >= 0.6 is 7.82 Å². The average molecular weight is 1090 g/mol. The smallest absolute Gasteiger partial charge is 0.306 e. The number of quaternary nitrogens is 1. The van der Waals surface area contributed by atoms with Crippen LogP contribution in [0.5, 0.6) is 0 Å². The van der Waals surface area contributed by atoms with Crippen LogP contribution in [-0.2, 0) is 27.9 Å². The van der Waals surface area contributed by atoms with Crippen LogP contribution in [0.1, 0.15) is 284 Å². The van der Waals surface area contributed by atoms with Gasteiger partial charge in [0.2, 0.25) is 5.91 Å². The summed E-state index contributed by atoms with van der Waals surface area (Å²) >= 11 is 0. The van der Waals surface area contributed by atoms with E-state index in [-0.39, 0.29) is 24.9 Å². The number of hydrogen-bond acceptors (Lipinski definition) is 7. The van der Waals surface area contributed by atoms with Crippen molar-refractivity contribution < 1.29 is 37.3 Å². The summed E-state index contributed by atoms with van der Waals surface area (Å²) < 4.78 is 30.3. The van der Waals surface area contributed by atoms with Crippen LogP contribution in [-0.4, -0.2) is 69.4 Å². The Balaban J connectivity index is 5.27. The van der Waals surface area contributed by atoms with Crippen LogP contribution in [0.4, 0.5) is 0 Å². The molecule has 0 spiro atoms. The van der Waals surface area contributed by atoms with Crippen molar-refractivity contribution in [1.29, 1.82) is 0 Å². The fourth-order valence-electron chi connectivity index (χ4n) is 8.91. The minimum atomic E-state index is -4.71. The van der Waals surface area contributed by atoms with Crippen LogP contribution in [0.2, 0.25) is 0 Å². The number of carbonyl (C=O) groups is 2. The van der Waals surface area contributed by atoms with Gasteiger partial charge >= 0.3 is 5.97 Å². The molecule has 0 saturated carbocycles. The zero-order valence-electron chi connectivity index (χ0n) is 50.4. The average Bonchev–Trinajstić information content (AvgIpc) is 3.38. The summed E-state index contributed by atoms with van der Waals surface area (Å²) in [6.07, 6.45) is 71.4. The fourth-order valence-corrected chi connectivity index (χ4v) is 9.63. The molecule has 0 fully saturated rings. The van der Waals surface area contributed by atoms with E-state index >= 15 is 0 Å². The van der Waals surface area contributed by atoms with Gasteiger partial charge in [-0.1, -0.05) is 242 Å². The molecule has 0 aromatic heterocycles. The maximum atomic E-state index is 13.5. The topological polar surface area (TPSA) is 114 Å². The van der Waals surface area contributed by atoms with Gasteiger partial charge in [0.15, 0.2) is 0 Å². The first-order chi connectivity index (χ1) is 36.9. The van der Waals surface area contributed by atoms with Gasteiger partial charge < -0.3 is 28.5 Å². The Morgan fingerprint density at radius 2 is 0.803 bits per heavy atom.